The fourth-order valence-corrected chi connectivity index (χ4v) is 3.16. The van der Waals surface area contributed by atoms with E-state index in [9.17, 15) is 13.2 Å². The van der Waals surface area contributed by atoms with E-state index in [0.29, 0.717) is 0 Å². The number of esters is 1. The zero-order valence-corrected chi connectivity index (χ0v) is 14.4. The van der Waals surface area contributed by atoms with Crippen molar-refractivity contribution in [3.05, 3.63) is 59.1 Å². The van der Waals surface area contributed by atoms with E-state index in [1.165, 1.54) is 25.3 Å². The Hall–Kier alpha value is -2.09. The molecule has 2 rings (SSSR count). The van der Waals surface area contributed by atoms with E-state index >= 15 is 0 Å². The molecule has 2 aromatic carbocycles. The number of hydrogen-bond acceptors (Lipinski definition) is 5. The van der Waals surface area contributed by atoms with Crippen LogP contribution in [-0.2, 0) is 26.1 Å². The molecular formula is C16H16ClNO5S. The zero-order chi connectivity index (χ0) is 17.6. The van der Waals surface area contributed by atoms with Crippen LogP contribution < -0.4 is 9.46 Å². The fourth-order valence-electron chi connectivity index (χ4n) is 1.82. The first-order valence-electron chi connectivity index (χ1n) is 6.95. The van der Waals surface area contributed by atoms with Gasteiger partial charge in [-0.05, 0) is 23.8 Å². The molecule has 0 aliphatic rings. The highest BCUT2D eigenvalue weighted by molar-refractivity contribution is 7.89. The minimum atomic E-state index is -3.72. The lowest BCUT2D eigenvalue weighted by Gasteiger charge is -2.10. The van der Waals surface area contributed by atoms with E-state index in [1.807, 2.05) is 30.3 Å². The second kappa shape index (κ2) is 8.14. The third-order valence-corrected chi connectivity index (χ3v) is 4.79. The van der Waals surface area contributed by atoms with Gasteiger partial charge in [-0.25, -0.2) is 17.9 Å². The summed E-state index contributed by atoms with van der Waals surface area (Å²) in [5, 5.41) is 0.0847. The molecular weight excluding hydrogens is 354 g/mol. The topological polar surface area (TPSA) is 81.7 Å². The first-order chi connectivity index (χ1) is 11.4. The summed E-state index contributed by atoms with van der Waals surface area (Å²) >= 11 is 6.01. The molecule has 0 aliphatic carbocycles. The van der Waals surface area contributed by atoms with Crippen molar-refractivity contribution in [2.24, 2.45) is 0 Å². The number of carbonyl (C=O) groups is 1. The number of benzene rings is 2. The van der Waals surface area contributed by atoms with E-state index in [1.54, 1.807) is 0 Å². The van der Waals surface area contributed by atoms with Crippen LogP contribution in [0.1, 0.15) is 5.56 Å². The van der Waals surface area contributed by atoms with Gasteiger partial charge in [0.15, 0.2) is 6.61 Å². The van der Waals surface area contributed by atoms with Crippen molar-refractivity contribution in [1.82, 2.24) is 4.72 Å². The molecule has 0 spiro atoms. The van der Waals surface area contributed by atoms with Crippen molar-refractivity contribution in [2.75, 3.05) is 13.7 Å². The van der Waals surface area contributed by atoms with Crippen molar-refractivity contribution >= 4 is 27.6 Å². The number of rotatable bonds is 7. The molecule has 2 aromatic rings. The highest BCUT2D eigenvalue weighted by Crippen LogP contribution is 2.27. The summed E-state index contributed by atoms with van der Waals surface area (Å²) in [6.07, 6.45) is 0. The Labute approximate surface area is 145 Å². The first kappa shape index (κ1) is 18.3. The Morgan fingerprint density at radius 2 is 1.88 bits per heavy atom. The first-order valence-corrected chi connectivity index (χ1v) is 8.81. The molecule has 8 heteroatoms. The smallest absolute Gasteiger partial charge is 0.343 e. The van der Waals surface area contributed by atoms with Gasteiger partial charge in [0.2, 0.25) is 10.0 Å². The molecule has 0 atom stereocenters. The Balaban J connectivity index is 2.07. The normalized spacial score (nSPS) is 11.1. The van der Waals surface area contributed by atoms with Crippen molar-refractivity contribution in [3.8, 4) is 5.75 Å². The summed E-state index contributed by atoms with van der Waals surface area (Å²) in [5.74, 6) is -0.364. The highest BCUT2D eigenvalue weighted by Gasteiger charge is 2.16. The lowest BCUT2D eigenvalue weighted by molar-refractivity contribution is -0.142. The van der Waals surface area contributed by atoms with Gasteiger partial charge in [-0.3, -0.25) is 0 Å². The van der Waals surface area contributed by atoms with Crippen LogP contribution in [0, 0.1) is 0 Å². The van der Waals surface area contributed by atoms with E-state index < -0.39 is 16.0 Å². The summed E-state index contributed by atoms with van der Waals surface area (Å²) in [5.41, 5.74) is 0.838. The molecule has 0 bridgehead atoms. The predicted molar refractivity (Wildman–Crippen MR) is 89.4 cm³/mol. The maximum absolute atomic E-state index is 12.3. The lowest BCUT2D eigenvalue weighted by Crippen LogP contribution is -2.23. The van der Waals surface area contributed by atoms with Crippen LogP contribution in [0.5, 0.6) is 5.75 Å². The van der Waals surface area contributed by atoms with Gasteiger partial charge in [0.1, 0.15) is 5.75 Å². The van der Waals surface area contributed by atoms with Crippen LogP contribution in [0.3, 0.4) is 0 Å². The van der Waals surface area contributed by atoms with Crippen molar-refractivity contribution in [3.63, 3.8) is 0 Å². The molecule has 0 unspecified atom stereocenters. The summed E-state index contributed by atoms with van der Waals surface area (Å²) < 4.78 is 36.7. The molecule has 0 aromatic heterocycles. The molecule has 0 saturated heterocycles. The number of carbonyl (C=O) groups excluding carboxylic acids is 1. The van der Waals surface area contributed by atoms with Gasteiger partial charge in [0, 0.05) is 6.54 Å². The molecule has 1 N–H and O–H groups in total. The molecule has 0 radical (unpaired) electrons. The van der Waals surface area contributed by atoms with Gasteiger partial charge < -0.3 is 9.47 Å². The van der Waals surface area contributed by atoms with Crippen molar-refractivity contribution in [1.29, 1.82) is 0 Å². The maximum Gasteiger partial charge on any atom is 0.343 e. The summed E-state index contributed by atoms with van der Waals surface area (Å²) in [4.78, 5) is 11.1. The van der Waals surface area contributed by atoms with E-state index in [2.05, 4.69) is 9.46 Å². The second-order valence-electron chi connectivity index (χ2n) is 4.77. The van der Waals surface area contributed by atoms with E-state index in [4.69, 9.17) is 16.3 Å². The van der Waals surface area contributed by atoms with Gasteiger partial charge in [0.05, 0.1) is 17.0 Å². The lowest BCUT2D eigenvalue weighted by atomic mass is 10.2. The Kier molecular flexibility index (Phi) is 6.19. The number of nitrogens with one attached hydrogen (secondary N) is 1. The standard InChI is InChI=1S/C16H16ClNO5S/c1-22-16(19)11-23-15-8-7-13(9-14(15)17)24(20,21)18-10-12-5-3-2-4-6-12/h2-9,18H,10-11H2,1H3. The minimum Gasteiger partial charge on any atom is -0.480 e. The Morgan fingerprint density at radius 3 is 2.50 bits per heavy atom. The molecule has 6 nitrogen and oxygen atoms in total. The van der Waals surface area contributed by atoms with E-state index in [-0.39, 0.29) is 28.8 Å². The minimum absolute atomic E-state index is 0.00819. The molecule has 0 saturated carbocycles. The quantitative estimate of drug-likeness (QED) is 0.758. The third kappa shape index (κ3) is 4.95. The second-order valence-corrected chi connectivity index (χ2v) is 6.94. The molecule has 0 amide bonds. The van der Waals surface area contributed by atoms with E-state index in [0.717, 1.165) is 5.56 Å². The number of hydrogen-bond donors (Lipinski definition) is 1. The van der Waals surface area contributed by atoms with Crippen LogP contribution in [0.15, 0.2) is 53.4 Å². The van der Waals surface area contributed by atoms with Gasteiger partial charge in [0.25, 0.3) is 0 Å². The third-order valence-electron chi connectivity index (χ3n) is 3.10. The molecule has 24 heavy (non-hydrogen) atoms. The van der Waals surface area contributed by atoms with Crippen LogP contribution in [0.4, 0.5) is 0 Å². The van der Waals surface area contributed by atoms with Crippen LogP contribution in [0.2, 0.25) is 5.02 Å². The summed E-state index contributed by atoms with van der Waals surface area (Å²) in [7, 11) is -2.48. The van der Waals surface area contributed by atoms with Gasteiger partial charge >= 0.3 is 5.97 Å². The fraction of sp³-hybridized carbons (Fsp3) is 0.188. The number of ether oxygens (including phenoxy) is 2. The van der Waals surface area contributed by atoms with Gasteiger partial charge in [-0.1, -0.05) is 41.9 Å². The number of sulfonamides is 1. The van der Waals surface area contributed by atoms with Crippen LogP contribution in [0.25, 0.3) is 0 Å². The predicted octanol–water partition coefficient (Wildman–Crippen LogP) is 2.37. The average molecular weight is 370 g/mol. The van der Waals surface area contributed by atoms with Gasteiger partial charge in [-0.15, -0.1) is 0 Å². The highest BCUT2D eigenvalue weighted by atomic mass is 35.5. The number of methoxy groups -OCH3 is 1. The molecule has 0 fully saturated rings. The average Bonchev–Trinajstić information content (AvgIpc) is 2.59. The number of halogens is 1. The molecule has 0 heterocycles. The Morgan fingerprint density at radius 1 is 1.17 bits per heavy atom. The van der Waals surface area contributed by atoms with Gasteiger partial charge in [-0.2, -0.15) is 0 Å². The largest absolute Gasteiger partial charge is 0.480 e. The summed E-state index contributed by atoms with van der Waals surface area (Å²) in [6.45, 7) is -0.143. The molecule has 128 valence electrons. The Bertz CT molecular complexity index is 808. The van der Waals surface area contributed by atoms with Crippen molar-refractivity contribution < 1.29 is 22.7 Å². The van der Waals surface area contributed by atoms with Crippen LogP contribution in [-0.4, -0.2) is 28.1 Å². The molecule has 0 aliphatic heterocycles. The van der Waals surface area contributed by atoms with Crippen LogP contribution >= 0.6 is 11.6 Å². The summed E-state index contributed by atoms with van der Waals surface area (Å²) in [6, 6.07) is 13.2. The van der Waals surface area contributed by atoms with Crippen molar-refractivity contribution in [2.45, 2.75) is 11.4 Å². The maximum atomic E-state index is 12.3. The SMILES string of the molecule is COC(=O)COc1ccc(S(=O)(=O)NCc2ccccc2)cc1Cl. The monoisotopic (exact) mass is 369 g/mol. The zero-order valence-electron chi connectivity index (χ0n) is 12.9.